The van der Waals surface area contributed by atoms with Gasteiger partial charge in [0.1, 0.15) is 0 Å². The highest BCUT2D eigenvalue weighted by molar-refractivity contribution is 8.69. The maximum absolute atomic E-state index is 11.6. The molecule has 0 amide bonds. The SMILES string of the molecule is CCCCCCCCCCC(COP(=S)(OCC(CCCCCCCCCC)SP(=S)(OC(C)C)OC(C)C)SCCC(=O)O)SP(=S)(OC(C)C)OC(C)C. The predicted molar refractivity (Wildman–Crippen MR) is 262 cm³/mol. The Hall–Kier alpha value is 2.23. The van der Waals surface area contributed by atoms with E-state index in [-0.39, 0.29) is 41.3 Å². The van der Waals surface area contributed by atoms with Crippen molar-refractivity contribution in [2.75, 3.05) is 19.0 Å². The molecule has 0 aromatic rings. The molecule has 0 bridgehead atoms. The van der Waals surface area contributed by atoms with Gasteiger partial charge in [0, 0.05) is 16.3 Å². The number of carboxylic acid groups (broad SMARTS) is 1. The summed E-state index contributed by atoms with van der Waals surface area (Å²) in [6, 6.07) is 0. The van der Waals surface area contributed by atoms with Gasteiger partial charge in [-0.1, -0.05) is 151 Å². The Labute approximate surface area is 372 Å². The maximum atomic E-state index is 11.6. The normalized spacial score (nSPS) is 15.0. The molecule has 56 heavy (non-hydrogen) atoms. The van der Waals surface area contributed by atoms with Crippen molar-refractivity contribution >= 4 is 92.6 Å². The molecule has 0 rings (SSSR count). The van der Waals surface area contributed by atoms with E-state index in [0.717, 1.165) is 38.5 Å². The second-order valence-electron chi connectivity index (χ2n) is 15.5. The lowest BCUT2D eigenvalue weighted by Gasteiger charge is -2.32. The van der Waals surface area contributed by atoms with E-state index in [1.165, 1.54) is 88.4 Å². The van der Waals surface area contributed by atoms with Crippen molar-refractivity contribution in [3.8, 4) is 0 Å². The summed E-state index contributed by atoms with van der Waals surface area (Å²) >= 11 is 22.9. The summed E-state index contributed by atoms with van der Waals surface area (Å²) in [4.78, 5) is 11.6. The summed E-state index contributed by atoms with van der Waals surface area (Å²) in [6.07, 6.45) is 21.0. The van der Waals surface area contributed by atoms with Gasteiger partial charge in [-0.2, -0.15) is 0 Å². The van der Waals surface area contributed by atoms with Crippen LogP contribution < -0.4 is 0 Å². The van der Waals surface area contributed by atoms with Crippen LogP contribution in [0.2, 0.25) is 0 Å². The molecular formula is C39H81O8P3S6. The topological polar surface area (TPSA) is 92.7 Å². The zero-order valence-corrected chi connectivity index (χ0v) is 44.2. The highest BCUT2D eigenvalue weighted by Crippen LogP contribution is 2.68. The monoisotopic (exact) mass is 962 g/mol. The molecule has 0 spiro atoms. The molecule has 0 aromatic carbocycles. The number of aliphatic carboxylic acids is 1. The standard InChI is InChI=1S/C39H81O8P3S6/c1-11-13-15-17-19-21-23-25-27-37(55-49(52,44-33(3)4)45-34(5)6)31-42-48(51,54-30-29-39(40)41)43-32-38(28-26-24-22-20-18-16-14-12-2)56-50(53,46-35(7)8)47-36(9)10/h33-38H,11-32H2,1-10H3,(H,40,41). The quantitative estimate of drug-likeness (QED) is 0.0466. The van der Waals surface area contributed by atoms with Crippen molar-refractivity contribution in [2.24, 2.45) is 0 Å². The summed E-state index contributed by atoms with van der Waals surface area (Å²) in [5.74, 6) is -0.575. The highest BCUT2D eigenvalue weighted by atomic mass is 32.9. The zero-order chi connectivity index (χ0) is 42.5. The third-order valence-electron chi connectivity index (χ3n) is 8.08. The second kappa shape index (κ2) is 34.7. The number of hydrogen-bond donors (Lipinski definition) is 1. The van der Waals surface area contributed by atoms with Crippen molar-refractivity contribution < 1.29 is 37.0 Å². The van der Waals surface area contributed by atoms with Gasteiger partial charge in [0.15, 0.2) is 0 Å². The van der Waals surface area contributed by atoms with Crippen LogP contribution in [0.3, 0.4) is 0 Å². The molecule has 0 aliphatic heterocycles. The lowest BCUT2D eigenvalue weighted by atomic mass is 10.1. The van der Waals surface area contributed by atoms with Gasteiger partial charge in [0.25, 0.3) is 0 Å². The zero-order valence-electron chi connectivity index (χ0n) is 36.6. The summed E-state index contributed by atoms with van der Waals surface area (Å²) in [7, 11) is 0. The van der Waals surface area contributed by atoms with E-state index in [4.69, 9.17) is 62.6 Å². The number of carbonyl (C=O) groups is 1. The van der Waals surface area contributed by atoms with Crippen molar-refractivity contribution in [1.29, 1.82) is 0 Å². The number of unbranched alkanes of at least 4 members (excludes halogenated alkanes) is 14. The van der Waals surface area contributed by atoms with Crippen molar-refractivity contribution in [2.45, 2.75) is 226 Å². The van der Waals surface area contributed by atoms with Gasteiger partial charge < -0.3 is 32.2 Å². The van der Waals surface area contributed by atoms with Crippen LogP contribution in [0.5, 0.6) is 0 Å². The molecule has 0 aliphatic rings. The summed E-state index contributed by atoms with van der Waals surface area (Å²) in [6.45, 7) is 21.0. The molecule has 17 heteroatoms. The van der Waals surface area contributed by atoms with Crippen LogP contribution in [0.4, 0.5) is 0 Å². The van der Waals surface area contributed by atoms with Gasteiger partial charge in [0.2, 0.25) is 17.1 Å². The van der Waals surface area contributed by atoms with Crippen LogP contribution in [0.25, 0.3) is 0 Å². The van der Waals surface area contributed by atoms with Crippen molar-refractivity contribution in [1.82, 2.24) is 0 Å². The molecule has 0 heterocycles. The number of hydrogen-bond acceptors (Lipinski definition) is 13. The van der Waals surface area contributed by atoms with Crippen LogP contribution >= 0.6 is 51.2 Å². The molecule has 8 nitrogen and oxygen atoms in total. The van der Waals surface area contributed by atoms with E-state index in [1.807, 2.05) is 55.4 Å². The third kappa shape index (κ3) is 33.8. The Morgan fingerprint density at radius 3 is 1.11 bits per heavy atom. The maximum Gasteiger partial charge on any atom is 0.304 e. The fourth-order valence-electron chi connectivity index (χ4n) is 5.60. The van der Waals surface area contributed by atoms with Crippen molar-refractivity contribution in [3.05, 3.63) is 0 Å². The van der Waals surface area contributed by atoms with Crippen LogP contribution in [0, 0.1) is 0 Å². The predicted octanol–water partition coefficient (Wildman–Crippen LogP) is 15.9. The minimum Gasteiger partial charge on any atom is -0.481 e. The van der Waals surface area contributed by atoms with Crippen LogP contribution in [0.1, 0.15) is 191 Å². The molecule has 0 fully saturated rings. The third-order valence-corrected chi connectivity index (χ3v) is 24.9. The van der Waals surface area contributed by atoms with Crippen LogP contribution in [-0.4, -0.2) is 65.0 Å². The van der Waals surface area contributed by atoms with Crippen LogP contribution in [-0.2, 0) is 67.4 Å². The smallest absolute Gasteiger partial charge is 0.304 e. The summed E-state index contributed by atoms with van der Waals surface area (Å²) in [5.41, 5.74) is -8.39. The van der Waals surface area contributed by atoms with Crippen molar-refractivity contribution in [3.63, 3.8) is 0 Å². The molecule has 1 N–H and O–H groups in total. The Bertz CT molecular complexity index is 1030. The van der Waals surface area contributed by atoms with E-state index in [9.17, 15) is 9.90 Å². The van der Waals surface area contributed by atoms with E-state index in [0.29, 0.717) is 19.0 Å². The molecular weight excluding hydrogens is 882 g/mol. The Morgan fingerprint density at radius 2 is 0.821 bits per heavy atom. The van der Waals surface area contributed by atoms with E-state index in [2.05, 4.69) is 13.8 Å². The lowest BCUT2D eigenvalue weighted by Crippen LogP contribution is -2.17. The van der Waals surface area contributed by atoms with Gasteiger partial charge in [-0.3, -0.25) is 4.79 Å². The molecule has 0 aliphatic carbocycles. The van der Waals surface area contributed by atoms with Gasteiger partial charge in [-0.15, -0.1) is 0 Å². The average molecular weight is 963 g/mol. The van der Waals surface area contributed by atoms with E-state index >= 15 is 0 Å². The minimum atomic E-state index is -2.99. The van der Waals surface area contributed by atoms with Gasteiger partial charge in [-0.25, -0.2) is 0 Å². The first kappa shape index (κ1) is 58.2. The minimum absolute atomic E-state index is 0.0166. The summed E-state index contributed by atoms with van der Waals surface area (Å²) in [5, 5.41) is 9.46. The number of rotatable bonds is 40. The first-order chi connectivity index (χ1) is 26.4. The second-order valence-corrected chi connectivity index (χ2v) is 34.7. The fraction of sp³-hybridized carbons (Fsp3) is 0.974. The molecule has 0 aromatic heterocycles. The Balaban J connectivity index is 6.19. The molecule has 2 unspecified atom stereocenters. The highest BCUT2D eigenvalue weighted by Gasteiger charge is 2.33. The molecule has 336 valence electrons. The molecule has 0 saturated heterocycles. The fourth-order valence-corrected chi connectivity index (χ4v) is 24.0. The van der Waals surface area contributed by atoms with Gasteiger partial charge in [-0.05, 0) is 104 Å². The largest absolute Gasteiger partial charge is 0.481 e. The van der Waals surface area contributed by atoms with Gasteiger partial charge in [0.05, 0.1) is 44.1 Å². The Kier molecular flexibility index (Phi) is 36.1. The summed E-state index contributed by atoms with van der Waals surface area (Å²) < 4.78 is 38.6. The van der Waals surface area contributed by atoms with Crippen LogP contribution in [0.15, 0.2) is 0 Å². The molecule has 0 saturated carbocycles. The van der Waals surface area contributed by atoms with E-state index < -0.39 is 23.0 Å². The lowest BCUT2D eigenvalue weighted by molar-refractivity contribution is -0.136. The molecule has 2 atom stereocenters. The first-order valence-electron chi connectivity index (χ1n) is 21.4. The Morgan fingerprint density at radius 1 is 0.518 bits per heavy atom. The first-order valence-corrected chi connectivity index (χ1v) is 33.9. The molecule has 0 radical (unpaired) electrons. The van der Waals surface area contributed by atoms with E-state index in [1.54, 1.807) is 22.8 Å². The average Bonchev–Trinajstić information content (AvgIpc) is 3.06. The van der Waals surface area contributed by atoms with Gasteiger partial charge >= 0.3 is 5.97 Å². The number of carboxylic acids is 1.